The van der Waals surface area contributed by atoms with Gasteiger partial charge in [-0.2, -0.15) is 0 Å². The number of rotatable bonds is 16. The summed E-state index contributed by atoms with van der Waals surface area (Å²) >= 11 is 0. The highest BCUT2D eigenvalue weighted by Gasteiger charge is 2.16. The van der Waals surface area contributed by atoms with E-state index in [-0.39, 0.29) is 17.0 Å². The molecule has 0 atom stereocenters. The number of carboxylic acids is 2. The molecular formula is C23H33NO6. The summed E-state index contributed by atoms with van der Waals surface area (Å²) in [4.78, 5) is 35.2. The van der Waals surface area contributed by atoms with Gasteiger partial charge < -0.3 is 19.8 Å². The van der Waals surface area contributed by atoms with E-state index in [0.29, 0.717) is 12.4 Å². The molecule has 0 aliphatic rings. The summed E-state index contributed by atoms with van der Waals surface area (Å²) in [7, 11) is 1.80. The summed E-state index contributed by atoms with van der Waals surface area (Å²) in [5.74, 6) is -2.21. The number of ether oxygens (including phenoxy) is 1. The monoisotopic (exact) mass is 419 g/mol. The van der Waals surface area contributed by atoms with Crippen molar-refractivity contribution in [3.05, 3.63) is 42.0 Å². The van der Waals surface area contributed by atoms with Gasteiger partial charge in [-0.25, -0.2) is 9.59 Å². The number of benzene rings is 1. The van der Waals surface area contributed by atoms with Crippen LogP contribution in [-0.2, 0) is 4.79 Å². The lowest BCUT2D eigenvalue weighted by Crippen LogP contribution is -2.25. The molecule has 0 bridgehead atoms. The molecule has 166 valence electrons. The van der Waals surface area contributed by atoms with Gasteiger partial charge in [-0.3, -0.25) is 4.79 Å². The Bertz CT molecular complexity index is 716. The van der Waals surface area contributed by atoms with E-state index in [0.717, 1.165) is 38.6 Å². The fourth-order valence-electron chi connectivity index (χ4n) is 3.12. The number of carboxylic acid groups (broad SMARTS) is 2. The van der Waals surface area contributed by atoms with E-state index in [2.05, 4.69) is 6.58 Å². The molecule has 1 amide bonds. The molecule has 1 aromatic carbocycles. The molecule has 2 N–H and O–H groups in total. The van der Waals surface area contributed by atoms with Crippen molar-refractivity contribution in [1.82, 2.24) is 4.90 Å². The van der Waals surface area contributed by atoms with Gasteiger partial charge in [0.25, 0.3) is 0 Å². The molecule has 0 radical (unpaired) electrons. The van der Waals surface area contributed by atoms with Gasteiger partial charge in [-0.1, -0.05) is 51.5 Å². The number of hydrogen-bond donors (Lipinski definition) is 2. The van der Waals surface area contributed by atoms with Crippen molar-refractivity contribution in [1.29, 1.82) is 0 Å². The SMILES string of the molecule is C=CC(=O)N(C)CCCCCCCCCCCOc1ccc(C(=O)O)c(C(=O)O)c1. The average molecular weight is 420 g/mol. The van der Waals surface area contributed by atoms with Crippen LogP contribution in [0.1, 0.15) is 78.5 Å². The Balaban J connectivity index is 2.07. The third-order valence-electron chi connectivity index (χ3n) is 4.91. The lowest BCUT2D eigenvalue weighted by Gasteiger charge is -2.14. The molecule has 1 aromatic rings. The highest BCUT2D eigenvalue weighted by Crippen LogP contribution is 2.19. The Morgan fingerprint density at radius 3 is 1.97 bits per heavy atom. The van der Waals surface area contributed by atoms with E-state index >= 15 is 0 Å². The van der Waals surface area contributed by atoms with Crippen molar-refractivity contribution in [2.24, 2.45) is 0 Å². The number of carbonyl (C=O) groups excluding carboxylic acids is 1. The molecule has 0 spiro atoms. The summed E-state index contributed by atoms with van der Waals surface area (Å²) in [6.07, 6.45) is 11.3. The minimum Gasteiger partial charge on any atom is -0.494 e. The Hall–Kier alpha value is -2.83. The molecule has 0 fully saturated rings. The van der Waals surface area contributed by atoms with Gasteiger partial charge in [-0.15, -0.1) is 0 Å². The van der Waals surface area contributed by atoms with Crippen LogP contribution in [0.5, 0.6) is 5.75 Å². The van der Waals surface area contributed by atoms with Gasteiger partial charge in [0.2, 0.25) is 5.91 Å². The van der Waals surface area contributed by atoms with Gasteiger partial charge in [0.15, 0.2) is 0 Å². The quantitative estimate of drug-likeness (QED) is 0.299. The highest BCUT2D eigenvalue weighted by molar-refractivity contribution is 6.02. The Kier molecular flexibility index (Phi) is 11.9. The van der Waals surface area contributed by atoms with Crippen molar-refractivity contribution >= 4 is 17.8 Å². The van der Waals surface area contributed by atoms with E-state index < -0.39 is 11.9 Å². The second-order valence-corrected chi connectivity index (χ2v) is 7.31. The summed E-state index contributed by atoms with van der Waals surface area (Å²) in [6.45, 7) is 4.73. The fourth-order valence-corrected chi connectivity index (χ4v) is 3.12. The van der Waals surface area contributed by atoms with Crippen molar-refractivity contribution < 1.29 is 29.3 Å². The molecule has 0 saturated heterocycles. The molecule has 30 heavy (non-hydrogen) atoms. The maximum atomic E-state index is 11.3. The van der Waals surface area contributed by atoms with Crippen LogP contribution in [0, 0.1) is 0 Å². The molecule has 7 heteroatoms. The van der Waals surface area contributed by atoms with Gasteiger partial charge in [0.1, 0.15) is 5.75 Å². The van der Waals surface area contributed by atoms with Crippen molar-refractivity contribution in [2.75, 3.05) is 20.2 Å². The van der Waals surface area contributed by atoms with E-state index in [9.17, 15) is 14.4 Å². The molecule has 7 nitrogen and oxygen atoms in total. The number of likely N-dealkylation sites (N-methyl/N-ethyl adjacent to an activating group) is 1. The molecule has 0 heterocycles. The standard InChI is InChI=1S/C23H33NO6/c1-3-21(25)24(2)15-11-9-7-5-4-6-8-10-12-16-30-18-13-14-19(22(26)27)20(17-18)23(28)29/h3,13-14,17H,1,4-12,15-16H2,2H3,(H,26,27)(H,28,29). The van der Waals surface area contributed by atoms with Crippen LogP contribution in [0.2, 0.25) is 0 Å². The molecule has 0 aromatic heterocycles. The van der Waals surface area contributed by atoms with Crippen LogP contribution in [0.15, 0.2) is 30.9 Å². The van der Waals surface area contributed by atoms with Gasteiger partial charge in [-0.05, 0) is 37.1 Å². The smallest absolute Gasteiger partial charge is 0.336 e. The number of nitrogens with zero attached hydrogens (tertiary/aromatic N) is 1. The lowest BCUT2D eigenvalue weighted by molar-refractivity contribution is -0.124. The molecule has 0 aliphatic carbocycles. The number of carbonyl (C=O) groups is 3. The third-order valence-corrected chi connectivity index (χ3v) is 4.91. The number of unbranched alkanes of at least 4 members (excludes halogenated alkanes) is 8. The summed E-state index contributed by atoms with van der Waals surface area (Å²) in [5, 5.41) is 18.1. The van der Waals surface area contributed by atoms with Crippen LogP contribution in [0.3, 0.4) is 0 Å². The minimum atomic E-state index is -1.28. The largest absolute Gasteiger partial charge is 0.494 e. The van der Waals surface area contributed by atoms with Crippen LogP contribution >= 0.6 is 0 Å². The second kappa shape index (κ2) is 14.2. The van der Waals surface area contributed by atoms with Crippen LogP contribution in [0.4, 0.5) is 0 Å². The summed E-state index contributed by atoms with van der Waals surface area (Å²) < 4.78 is 5.56. The first kappa shape index (κ1) is 25.2. The maximum absolute atomic E-state index is 11.3. The lowest BCUT2D eigenvalue weighted by atomic mass is 10.1. The van der Waals surface area contributed by atoms with Crippen molar-refractivity contribution in [3.8, 4) is 5.75 Å². The summed E-state index contributed by atoms with van der Waals surface area (Å²) in [5.41, 5.74) is -0.508. The molecular weight excluding hydrogens is 386 g/mol. The van der Waals surface area contributed by atoms with E-state index in [1.807, 2.05) is 0 Å². The molecule has 0 aliphatic heterocycles. The Morgan fingerprint density at radius 2 is 1.43 bits per heavy atom. The third kappa shape index (κ3) is 9.58. The maximum Gasteiger partial charge on any atom is 0.336 e. The Labute approximate surface area is 178 Å². The van der Waals surface area contributed by atoms with E-state index in [4.69, 9.17) is 14.9 Å². The van der Waals surface area contributed by atoms with Gasteiger partial charge in [0, 0.05) is 13.6 Å². The Morgan fingerprint density at radius 1 is 0.900 bits per heavy atom. The molecule has 0 saturated carbocycles. The minimum absolute atomic E-state index is 0.0291. The highest BCUT2D eigenvalue weighted by atomic mass is 16.5. The van der Waals surface area contributed by atoms with Crippen LogP contribution in [0.25, 0.3) is 0 Å². The topological polar surface area (TPSA) is 104 Å². The first-order valence-corrected chi connectivity index (χ1v) is 10.5. The second-order valence-electron chi connectivity index (χ2n) is 7.31. The zero-order valence-electron chi connectivity index (χ0n) is 17.8. The average Bonchev–Trinajstić information content (AvgIpc) is 2.73. The zero-order valence-corrected chi connectivity index (χ0v) is 17.8. The number of hydrogen-bond acceptors (Lipinski definition) is 4. The van der Waals surface area contributed by atoms with Gasteiger partial charge >= 0.3 is 11.9 Å². The van der Waals surface area contributed by atoms with Crippen LogP contribution < -0.4 is 4.74 Å². The van der Waals surface area contributed by atoms with E-state index in [1.165, 1.54) is 50.0 Å². The fraction of sp³-hybridized carbons (Fsp3) is 0.522. The number of amides is 1. The van der Waals surface area contributed by atoms with Crippen molar-refractivity contribution in [2.45, 2.75) is 57.8 Å². The first-order chi connectivity index (χ1) is 14.4. The van der Waals surface area contributed by atoms with Crippen LogP contribution in [-0.4, -0.2) is 53.2 Å². The molecule has 1 rings (SSSR count). The predicted molar refractivity (Wildman–Crippen MR) is 115 cm³/mol. The number of aromatic carboxylic acids is 2. The first-order valence-electron chi connectivity index (χ1n) is 10.5. The van der Waals surface area contributed by atoms with Gasteiger partial charge in [0.05, 0.1) is 17.7 Å². The summed E-state index contributed by atoms with van der Waals surface area (Å²) in [6, 6.07) is 4.01. The zero-order chi connectivity index (χ0) is 22.4. The molecule has 0 unspecified atom stereocenters. The normalized spacial score (nSPS) is 10.4. The van der Waals surface area contributed by atoms with E-state index in [1.54, 1.807) is 11.9 Å². The van der Waals surface area contributed by atoms with Crippen molar-refractivity contribution in [3.63, 3.8) is 0 Å². The predicted octanol–water partition coefficient (Wildman–Crippen LogP) is 4.62.